The van der Waals surface area contributed by atoms with Crippen LogP contribution in [-0.4, -0.2) is 21.4 Å². The molecule has 1 amide bonds. The second kappa shape index (κ2) is 7.04. The van der Waals surface area contributed by atoms with Gasteiger partial charge >= 0.3 is 0 Å². The van der Waals surface area contributed by atoms with Crippen LogP contribution in [0.3, 0.4) is 0 Å². The molecule has 6 heteroatoms. The number of hydrogen-bond donors (Lipinski definition) is 2. The summed E-state index contributed by atoms with van der Waals surface area (Å²) in [5, 5.41) is 13.5. The average molecular weight is 318 g/mol. The van der Waals surface area contributed by atoms with Crippen LogP contribution in [0.15, 0.2) is 48.3 Å². The lowest BCUT2D eigenvalue weighted by Gasteiger charge is -2.05. The van der Waals surface area contributed by atoms with Crippen molar-refractivity contribution in [2.75, 3.05) is 0 Å². The summed E-state index contributed by atoms with van der Waals surface area (Å²) in [7, 11) is 1.81. The van der Waals surface area contributed by atoms with Gasteiger partial charge in [0.05, 0.1) is 11.8 Å². The van der Waals surface area contributed by atoms with Crippen LogP contribution >= 0.6 is 11.6 Å². The third-order valence-corrected chi connectivity index (χ3v) is 3.39. The molecular formula is C16H18ClN4O+. The molecule has 0 spiro atoms. The molecule has 2 aromatic rings. The van der Waals surface area contributed by atoms with Crippen LogP contribution in [0.25, 0.3) is 0 Å². The summed E-state index contributed by atoms with van der Waals surface area (Å²) in [6.45, 7) is 2.16. The molecule has 0 bridgehead atoms. The van der Waals surface area contributed by atoms with Gasteiger partial charge in [-0.05, 0) is 24.6 Å². The molecule has 0 saturated carbocycles. The Morgan fingerprint density at radius 1 is 1.41 bits per heavy atom. The predicted octanol–water partition coefficient (Wildman–Crippen LogP) is 0.884. The number of nitrogens with two attached hydrogens (primary N) is 1. The number of hydrogen-bond acceptors (Lipinski definition) is 2. The Kier molecular flexibility index (Phi) is 5.12. The van der Waals surface area contributed by atoms with E-state index in [1.807, 2.05) is 19.2 Å². The molecule has 0 aliphatic heterocycles. The van der Waals surface area contributed by atoms with E-state index in [-0.39, 0.29) is 5.91 Å². The number of carbonyl (C=O) groups excluding carboxylic acids is 1. The number of nitrogens with one attached hydrogen (secondary N) is 1. The number of allylic oxidation sites excluding steroid dienone is 1. The van der Waals surface area contributed by atoms with Gasteiger partial charge < -0.3 is 5.32 Å². The molecule has 3 N–H and O–H groups in total. The molecule has 5 nitrogen and oxygen atoms in total. The highest BCUT2D eigenvalue weighted by Gasteiger charge is 2.10. The topological polar surface area (TPSA) is 72.5 Å². The highest BCUT2D eigenvalue weighted by molar-refractivity contribution is 6.30. The maximum absolute atomic E-state index is 12.1. The normalized spacial score (nSPS) is 11.3. The molecule has 1 aromatic carbocycles. The smallest absolute Gasteiger partial charge is 0.247 e. The predicted molar refractivity (Wildman–Crippen MR) is 86.3 cm³/mol. The van der Waals surface area contributed by atoms with Gasteiger partial charge in [0, 0.05) is 36.5 Å². The van der Waals surface area contributed by atoms with E-state index < -0.39 is 0 Å². The van der Waals surface area contributed by atoms with Crippen molar-refractivity contribution in [1.82, 2.24) is 15.1 Å². The summed E-state index contributed by atoms with van der Waals surface area (Å²) in [6, 6.07) is 7.33. The zero-order valence-corrected chi connectivity index (χ0v) is 13.3. The summed E-state index contributed by atoms with van der Waals surface area (Å²) < 4.78 is 1.66. The summed E-state index contributed by atoms with van der Waals surface area (Å²) >= 11 is 5.82. The lowest BCUT2D eigenvalue weighted by Crippen LogP contribution is -2.39. The van der Waals surface area contributed by atoms with Crippen LogP contribution in [0.5, 0.6) is 0 Å². The first kappa shape index (κ1) is 16.0. The minimum Gasteiger partial charge on any atom is -0.348 e. The van der Waals surface area contributed by atoms with Crippen molar-refractivity contribution in [2.24, 2.45) is 7.05 Å². The fourth-order valence-electron chi connectivity index (χ4n) is 1.88. The van der Waals surface area contributed by atoms with Crippen LogP contribution in [-0.2, 0) is 18.4 Å². The van der Waals surface area contributed by atoms with Crippen molar-refractivity contribution in [1.29, 1.82) is 0 Å². The minimum absolute atomic E-state index is 0.165. The molecule has 0 unspecified atom stereocenters. The van der Waals surface area contributed by atoms with E-state index in [4.69, 9.17) is 17.0 Å². The van der Waals surface area contributed by atoms with Gasteiger partial charge in [0.1, 0.15) is 0 Å². The second-order valence-electron chi connectivity index (χ2n) is 4.99. The first-order valence-electron chi connectivity index (χ1n) is 6.78. The van der Waals surface area contributed by atoms with E-state index in [0.717, 1.165) is 11.1 Å². The quantitative estimate of drug-likeness (QED) is 0.635. The van der Waals surface area contributed by atoms with Gasteiger partial charge in [-0.3, -0.25) is 14.9 Å². The van der Waals surface area contributed by atoms with Gasteiger partial charge in [-0.15, -0.1) is 0 Å². The number of nitrogens with zero attached hydrogens (tertiary/aromatic N) is 2. The molecule has 0 radical (unpaired) electrons. The number of halogens is 1. The molecule has 1 heterocycles. The van der Waals surface area contributed by atoms with Gasteiger partial charge in [0.25, 0.3) is 0 Å². The fourth-order valence-corrected chi connectivity index (χ4v) is 2.00. The molecular weight excluding hydrogens is 300 g/mol. The fraction of sp³-hybridized carbons (Fsp3) is 0.188. The lowest BCUT2D eigenvalue weighted by atomic mass is 10.1. The minimum atomic E-state index is -0.165. The molecule has 22 heavy (non-hydrogen) atoms. The van der Waals surface area contributed by atoms with Crippen molar-refractivity contribution in [3.63, 3.8) is 0 Å². The van der Waals surface area contributed by atoms with Gasteiger partial charge in [-0.2, -0.15) is 5.10 Å². The zero-order valence-electron chi connectivity index (χ0n) is 12.5. The van der Waals surface area contributed by atoms with Crippen LogP contribution in [0.1, 0.15) is 18.1 Å². The van der Waals surface area contributed by atoms with Crippen molar-refractivity contribution < 1.29 is 10.2 Å². The maximum Gasteiger partial charge on any atom is 0.247 e. The summed E-state index contributed by atoms with van der Waals surface area (Å²) in [6.07, 6.45) is 5.10. The van der Waals surface area contributed by atoms with Crippen molar-refractivity contribution in [2.45, 2.75) is 13.5 Å². The molecule has 114 valence electrons. The van der Waals surface area contributed by atoms with Crippen LogP contribution in [0.2, 0.25) is 5.02 Å². The third kappa shape index (κ3) is 4.30. The van der Waals surface area contributed by atoms with E-state index in [9.17, 15) is 4.79 Å². The number of carbonyl (C=O) groups is 1. The molecule has 0 aliphatic carbocycles. The van der Waals surface area contributed by atoms with Crippen LogP contribution < -0.4 is 10.7 Å². The zero-order chi connectivity index (χ0) is 16.1. The van der Waals surface area contributed by atoms with E-state index in [1.54, 1.807) is 42.2 Å². The van der Waals surface area contributed by atoms with Crippen LogP contribution in [0.4, 0.5) is 0 Å². The molecule has 0 aliphatic rings. The van der Waals surface area contributed by atoms with E-state index in [2.05, 4.69) is 10.4 Å². The van der Waals surface area contributed by atoms with E-state index in [0.29, 0.717) is 22.9 Å². The first-order valence-corrected chi connectivity index (χ1v) is 7.16. The monoisotopic (exact) mass is 317 g/mol. The lowest BCUT2D eigenvalue weighted by molar-refractivity contribution is -0.118. The Morgan fingerprint density at radius 3 is 2.68 bits per heavy atom. The largest absolute Gasteiger partial charge is 0.348 e. The second-order valence-corrected chi connectivity index (χ2v) is 5.43. The standard InChI is InChI=1S/C16H17ClN4O/c1-11(7-15(18)13-9-20-21(2)10-13)16(22)19-8-12-3-5-14(17)6-4-12/h3-7,9-10,18H,8H2,1-2H3,(H,19,22)/p+1/b11-7-,18-15?. The van der Waals surface area contributed by atoms with Crippen molar-refractivity contribution in [3.05, 3.63) is 64.5 Å². The molecule has 1 aromatic heterocycles. The number of amides is 1. The number of aromatic nitrogens is 2. The Balaban J connectivity index is 1.95. The van der Waals surface area contributed by atoms with Gasteiger partial charge in [-0.1, -0.05) is 23.7 Å². The maximum atomic E-state index is 12.1. The van der Waals surface area contributed by atoms with Gasteiger partial charge in [0.2, 0.25) is 11.6 Å². The number of rotatable bonds is 5. The SMILES string of the molecule is C/C(=C/C(=[NH2+])c1cnn(C)c1)C(=O)NCc1ccc(Cl)cc1. The molecule has 0 atom stereocenters. The molecule has 0 saturated heterocycles. The Hall–Kier alpha value is -2.40. The summed E-state index contributed by atoms with van der Waals surface area (Å²) in [5.74, 6) is -0.165. The summed E-state index contributed by atoms with van der Waals surface area (Å²) in [5.41, 5.74) is 2.81. The van der Waals surface area contributed by atoms with Gasteiger partial charge in [0.15, 0.2) is 0 Å². The van der Waals surface area contributed by atoms with Crippen LogP contribution in [0, 0.1) is 0 Å². The van der Waals surface area contributed by atoms with Gasteiger partial charge in [-0.25, -0.2) is 0 Å². The number of benzene rings is 1. The van der Waals surface area contributed by atoms with E-state index >= 15 is 0 Å². The average Bonchev–Trinajstić information content (AvgIpc) is 2.93. The molecule has 2 rings (SSSR count). The highest BCUT2D eigenvalue weighted by atomic mass is 35.5. The van der Waals surface area contributed by atoms with E-state index in [1.165, 1.54) is 0 Å². The molecule has 0 fully saturated rings. The third-order valence-electron chi connectivity index (χ3n) is 3.13. The first-order chi connectivity index (χ1) is 10.5. The Morgan fingerprint density at radius 2 is 2.09 bits per heavy atom. The van der Waals surface area contributed by atoms with Crippen molar-refractivity contribution >= 4 is 23.2 Å². The van der Waals surface area contributed by atoms with Crippen molar-refractivity contribution in [3.8, 4) is 0 Å². The Labute approximate surface area is 134 Å². The number of aryl methyl sites for hydroxylation is 1. The summed E-state index contributed by atoms with van der Waals surface area (Å²) in [4.78, 5) is 12.1. The highest BCUT2D eigenvalue weighted by Crippen LogP contribution is 2.09. The Bertz CT molecular complexity index is 716.